The van der Waals surface area contributed by atoms with Crippen LogP contribution in [-0.2, 0) is 22.7 Å². The van der Waals surface area contributed by atoms with Crippen LogP contribution in [0.15, 0.2) is 83.5 Å². The van der Waals surface area contributed by atoms with E-state index in [1.54, 1.807) is 43.3 Å². The Morgan fingerprint density at radius 3 is 2.68 bits per heavy atom. The van der Waals surface area contributed by atoms with Crippen molar-refractivity contribution in [1.82, 2.24) is 15.6 Å². The lowest BCUT2D eigenvalue weighted by Crippen LogP contribution is -2.40. The number of benzene rings is 3. The van der Waals surface area contributed by atoms with E-state index in [0.29, 0.717) is 27.9 Å². The van der Waals surface area contributed by atoms with E-state index in [1.807, 2.05) is 36.4 Å². The second kappa shape index (κ2) is 14.2. The molecule has 44 heavy (non-hydrogen) atoms. The topological polar surface area (TPSA) is 116 Å². The van der Waals surface area contributed by atoms with Crippen LogP contribution < -0.4 is 14.8 Å². The van der Waals surface area contributed by atoms with Crippen molar-refractivity contribution < 1.29 is 33.1 Å². The molecule has 1 aromatic heterocycles. The van der Waals surface area contributed by atoms with Gasteiger partial charge in [0.1, 0.15) is 47.2 Å². The lowest BCUT2D eigenvalue weighted by Gasteiger charge is -2.31. The van der Waals surface area contributed by atoms with Crippen LogP contribution in [0, 0.1) is 0 Å². The first-order valence-electron chi connectivity index (χ1n) is 13.9. The van der Waals surface area contributed by atoms with Gasteiger partial charge in [-0.15, -0.1) is 11.6 Å². The molecule has 12 heteroatoms. The summed E-state index contributed by atoms with van der Waals surface area (Å²) in [5, 5.41) is 19.5. The smallest absolute Gasteiger partial charge is 0.325 e. The Morgan fingerprint density at radius 2 is 1.91 bits per heavy atom. The van der Waals surface area contributed by atoms with E-state index >= 15 is 4.39 Å². The highest BCUT2D eigenvalue weighted by Gasteiger charge is 2.41. The molecule has 0 bridgehead atoms. The molecule has 0 radical (unpaired) electrons. The van der Waals surface area contributed by atoms with Gasteiger partial charge in [0.05, 0.1) is 18.2 Å². The van der Waals surface area contributed by atoms with Gasteiger partial charge in [0.2, 0.25) is 0 Å². The summed E-state index contributed by atoms with van der Waals surface area (Å²) in [6.07, 6.45) is 4.78. The predicted octanol–water partition coefficient (Wildman–Crippen LogP) is 5.82. The summed E-state index contributed by atoms with van der Waals surface area (Å²) in [5.74, 6) is -0.0580. The van der Waals surface area contributed by atoms with Gasteiger partial charge in [-0.2, -0.15) is 0 Å². The Bertz CT molecular complexity index is 1660. The van der Waals surface area contributed by atoms with Crippen molar-refractivity contribution >= 4 is 45.8 Å². The van der Waals surface area contributed by atoms with Gasteiger partial charge in [-0.1, -0.05) is 60.2 Å². The first kappa shape index (κ1) is 31.5. The number of carbonyl (C=O) groups excluding carboxylic acids is 1. The second-order valence-corrected chi connectivity index (χ2v) is 10.9. The maximum absolute atomic E-state index is 16.2. The number of alkyl halides is 2. The third kappa shape index (κ3) is 7.22. The molecule has 230 valence electrons. The number of aromatic nitrogens is 2. The molecule has 3 atom stereocenters. The number of nitrogens with zero attached hydrogens (tertiary/aromatic N) is 2. The number of ether oxygens (including phenoxy) is 3. The second-order valence-electron chi connectivity index (χ2n) is 10.1. The fourth-order valence-corrected chi connectivity index (χ4v) is 5.23. The van der Waals surface area contributed by atoms with Gasteiger partial charge in [-0.3, -0.25) is 10.1 Å². The van der Waals surface area contributed by atoms with Crippen LogP contribution >= 0.6 is 23.2 Å². The number of nitrogens with one attached hydrogen (secondary N) is 1. The van der Waals surface area contributed by atoms with Crippen molar-refractivity contribution in [2.75, 3.05) is 19.8 Å². The molecule has 0 fully saturated rings. The number of allylic oxidation sites excluding steroid dienone is 3. The van der Waals surface area contributed by atoms with Gasteiger partial charge in [-0.05, 0) is 58.2 Å². The predicted molar refractivity (Wildman–Crippen MR) is 164 cm³/mol. The van der Waals surface area contributed by atoms with Crippen LogP contribution in [-0.4, -0.2) is 58.3 Å². The van der Waals surface area contributed by atoms with Crippen molar-refractivity contribution in [2.24, 2.45) is 0 Å². The zero-order valence-corrected chi connectivity index (χ0v) is 25.2. The van der Waals surface area contributed by atoms with Gasteiger partial charge in [0.15, 0.2) is 5.67 Å². The van der Waals surface area contributed by atoms with E-state index in [9.17, 15) is 9.90 Å². The molecule has 3 aromatic carbocycles. The highest BCUT2D eigenvalue weighted by Crippen LogP contribution is 2.39. The fourth-order valence-electron chi connectivity index (χ4n) is 4.66. The van der Waals surface area contributed by atoms with Crippen molar-refractivity contribution in [2.45, 2.75) is 37.2 Å². The monoisotopic (exact) mass is 641 g/mol. The molecule has 9 nitrogen and oxygen atoms in total. The first-order chi connectivity index (χ1) is 21.3. The minimum atomic E-state index is -2.03. The number of rotatable bonds is 13. The molecule has 0 spiro atoms. The number of carbonyl (C=O) groups is 1. The maximum Gasteiger partial charge on any atom is 0.325 e. The van der Waals surface area contributed by atoms with Crippen LogP contribution in [0.2, 0.25) is 5.02 Å². The molecular weight excluding hydrogens is 612 g/mol. The van der Waals surface area contributed by atoms with Gasteiger partial charge in [-0.25, -0.2) is 9.02 Å². The molecule has 1 aliphatic rings. The number of hydrogen-bond donors (Lipinski definition) is 2. The van der Waals surface area contributed by atoms with Crippen LogP contribution in [0.25, 0.3) is 16.6 Å². The Kier molecular flexibility index (Phi) is 10.2. The average Bonchev–Trinajstić information content (AvgIpc) is 3.50. The van der Waals surface area contributed by atoms with Crippen LogP contribution in [0.3, 0.4) is 0 Å². The maximum atomic E-state index is 16.2. The molecule has 5 rings (SSSR count). The van der Waals surface area contributed by atoms with E-state index in [-0.39, 0.29) is 30.5 Å². The third-order valence-electron chi connectivity index (χ3n) is 7.02. The lowest BCUT2D eigenvalue weighted by atomic mass is 9.87. The summed E-state index contributed by atoms with van der Waals surface area (Å²) < 4.78 is 38.1. The molecule has 1 aliphatic carbocycles. The van der Waals surface area contributed by atoms with E-state index in [4.69, 9.17) is 42.0 Å². The molecule has 2 N–H and O–H groups in total. The summed E-state index contributed by atoms with van der Waals surface area (Å²) in [6, 6.07) is 16.9. The molecule has 1 heterocycles. The largest absolute Gasteiger partial charge is 0.488 e. The van der Waals surface area contributed by atoms with Crippen LogP contribution in [0.4, 0.5) is 4.39 Å². The van der Waals surface area contributed by atoms with Crippen molar-refractivity contribution in [3.8, 4) is 11.5 Å². The normalized spacial score (nSPS) is 18.6. The Balaban J connectivity index is 1.36. The summed E-state index contributed by atoms with van der Waals surface area (Å²) in [6.45, 7) is 1.19. The number of aliphatic hydroxyl groups is 1. The zero-order valence-electron chi connectivity index (χ0n) is 23.7. The van der Waals surface area contributed by atoms with Crippen molar-refractivity contribution in [3.05, 3.63) is 101 Å². The van der Waals surface area contributed by atoms with E-state index in [0.717, 1.165) is 11.1 Å². The molecule has 0 saturated carbocycles. The summed E-state index contributed by atoms with van der Waals surface area (Å²) in [4.78, 5) is 12.2. The summed E-state index contributed by atoms with van der Waals surface area (Å²) in [7, 11) is 0. The van der Waals surface area contributed by atoms with E-state index < -0.39 is 36.3 Å². The molecule has 0 amide bonds. The van der Waals surface area contributed by atoms with Gasteiger partial charge < -0.3 is 19.3 Å². The highest BCUT2D eigenvalue weighted by atomic mass is 35.5. The minimum absolute atomic E-state index is 0.0936. The minimum Gasteiger partial charge on any atom is -0.488 e. The van der Waals surface area contributed by atoms with Crippen molar-refractivity contribution in [1.29, 1.82) is 0 Å². The lowest BCUT2D eigenvalue weighted by molar-refractivity contribution is -0.146. The Morgan fingerprint density at radius 1 is 1.11 bits per heavy atom. The fraction of sp³-hybridized carbons (Fsp3) is 0.281. The molecule has 0 saturated heterocycles. The van der Waals surface area contributed by atoms with Gasteiger partial charge >= 0.3 is 5.97 Å². The number of aliphatic hydroxyl groups excluding tert-OH is 1. The quantitative estimate of drug-likeness (QED) is 0.138. The first-order valence-corrected chi connectivity index (χ1v) is 14.7. The molecular formula is C32H30Cl2FN3O6. The number of hydrogen-bond acceptors (Lipinski definition) is 9. The molecule has 0 aliphatic heterocycles. The number of esters is 1. The van der Waals surface area contributed by atoms with Crippen molar-refractivity contribution in [3.63, 3.8) is 0 Å². The molecule has 3 unspecified atom stereocenters. The summed E-state index contributed by atoms with van der Waals surface area (Å²) >= 11 is 13.3. The number of halogens is 3. The van der Waals surface area contributed by atoms with Crippen LogP contribution in [0.1, 0.15) is 23.6 Å². The Hall–Kier alpha value is -3.96. The van der Waals surface area contributed by atoms with E-state index in [2.05, 4.69) is 15.6 Å². The SMILES string of the molecule is CCOC(=O)C(CO)NCc1cc(Cl)c(OCC2(F)C=CC=C(c3ccccc3)C2Cl)cc1OCc1ccc2nonc2c1. The summed E-state index contributed by atoms with van der Waals surface area (Å²) in [5.41, 5.74) is 1.94. The third-order valence-corrected chi connectivity index (χ3v) is 7.91. The molecule has 4 aromatic rings. The highest BCUT2D eigenvalue weighted by molar-refractivity contribution is 6.32. The van der Waals surface area contributed by atoms with Gasteiger partial charge in [0, 0.05) is 18.2 Å². The zero-order chi connectivity index (χ0) is 31.1. The van der Waals surface area contributed by atoms with Crippen LogP contribution in [0.5, 0.6) is 11.5 Å². The van der Waals surface area contributed by atoms with Gasteiger partial charge in [0.25, 0.3) is 0 Å². The van der Waals surface area contributed by atoms with E-state index in [1.165, 1.54) is 6.08 Å². The number of fused-ring (bicyclic) bond motifs is 1. The standard InChI is InChI=1S/C32H30Cl2FN3O6/c1-2-41-31(40)27(17-39)36-16-22-14-24(33)29(15-28(22)42-18-20-10-11-25-26(13-20)38-44-37-25)43-19-32(35)12-6-9-23(30(32)34)21-7-4-3-5-8-21/h3-15,27,30,36,39H,2,16-19H2,1H3. The Labute approximate surface area is 263 Å². The average molecular weight is 643 g/mol.